The Morgan fingerprint density at radius 1 is 0.895 bits per heavy atom. The van der Waals surface area contributed by atoms with Crippen LogP contribution in [0.4, 0.5) is 5.69 Å². The fraction of sp³-hybridized carbons (Fsp3) is 0.300. The van der Waals surface area contributed by atoms with Crippen LogP contribution in [0, 0.1) is 0 Å². The van der Waals surface area contributed by atoms with Crippen LogP contribution in [0.3, 0.4) is 0 Å². The van der Waals surface area contributed by atoms with Crippen molar-refractivity contribution >= 4 is 34.8 Å². The van der Waals surface area contributed by atoms with Crippen molar-refractivity contribution in [3.8, 4) is 11.5 Å². The largest absolute Gasteiger partial charge is 0.497 e. The van der Waals surface area contributed by atoms with Crippen LogP contribution in [-0.2, 0) is 22.4 Å². The topological polar surface area (TPSA) is 71.1 Å². The van der Waals surface area contributed by atoms with Crippen molar-refractivity contribution in [2.24, 2.45) is 0 Å². The third-order valence-electron chi connectivity index (χ3n) is 6.50. The first-order chi connectivity index (χ1) is 18.5. The van der Waals surface area contributed by atoms with E-state index in [1.165, 1.54) is 0 Å². The molecule has 1 aliphatic heterocycles. The summed E-state index contributed by atoms with van der Waals surface area (Å²) in [4.78, 5) is 30.1. The molecule has 0 saturated carbocycles. The third-order valence-corrected chi connectivity index (χ3v) is 6.95. The highest BCUT2D eigenvalue weighted by Gasteiger charge is 2.42. The zero-order chi connectivity index (χ0) is 26.9. The van der Waals surface area contributed by atoms with E-state index in [2.05, 4.69) is 5.32 Å². The van der Waals surface area contributed by atoms with Crippen LogP contribution in [0.15, 0.2) is 78.9 Å². The van der Waals surface area contributed by atoms with E-state index in [1.54, 1.807) is 36.3 Å². The minimum atomic E-state index is -0.654. The second kappa shape index (κ2) is 13.1. The molecule has 1 N–H and O–H groups in total. The molecular weight excluding hydrogens is 498 g/mol. The number of rotatable bonds is 12. The average molecular weight is 532 g/mol. The second-order valence-electron chi connectivity index (χ2n) is 9.03. The van der Waals surface area contributed by atoms with E-state index in [9.17, 15) is 9.59 Å². The number of anilines is 1. The van der Waals surface area contributed by atoms with Gasteiger partial charge in [-0.3, -0.25) is 14.5 Å². The lowest BCUT2D eigenvalue weighted by molar-refractivity contribution is -0.130. The molecule has 3 aromatic rings. The van der Waals surface area contributed by atoms with E-state index in [4.69, 9.17) is 21.7 Å². The quantitative estimate of drug-likeness (QED) is 0.342. The number of benzene rings is 3. The molecule has 1 atom stereocenters. The Hall–Kier alpha value is -3.91. The molecule has 0 radical (unpaired) electrons. The van der Waals surface area contributed by atoms with Crippen LogP contribution in [0.1, 0.15) is 24.5 Å². The van der Waals surface area contributed by atoms with Crippen molar-refractivity contribution < 1.29 is 19.1 Å². The Bertz CT molecular complexity index is 1230. The predicted octanol–water partition coefficient (Wildman–Crippen LogP) is 4.71. The first-order valence-electron chi connectivity index (χ1n) is 12.8. The molecule has 0 spiro atoms. The average Bonchev–Trinajstić information content (AvgIpc) is 3.16. The number of hydrogen-bond donors (Lipinski definition) is 1. The first kappa shape index (κ1) is 27.1. The Morgan fingerprint density at radius 3 is 2.18 bits per heavy atom. The van der Waals surface area contributed by atoms with Gasteiger partial charge in [0.05, 0.1) is 20.1 Å². The Balaban J connectivity index is 1.45. The zero-order valence-electron chi connectivity index (χ0n) is 21.8. The zero-order valence-corrected chi connectivity index (χ0v) is 22.6. The molecule has 2 amide bonds. The summed E-state index contributed by atoms with van der Waals surface area (Å²) >= 11 is 5.77. The SMILES string of the molecule is CCOc1ccc(NC(=O)CC2C(=O)N(CCc3ccccc3)C(=S)N2CCc2ccc(OC)cc2)cc1. The Morgan fingerprint density at radius 2 is 1.53 bits per heavy atom. The van der Waals surface area contributed by atoms with Crippen molar-refractivity contribution in [2.45, 2.75) is 32.2 Å². The second-order valence-corrected chi connectivity index (χ2v) is 9.39. The molecule has 1 saturated heterocycles. The summed E-state index contributed by atoms with van der Waals surface area (Å²) in [6.45, 7) is 3.49. The summed E-state index contributed by atoms with van der Waals surface area (Å²) in [5.41, 5.74) is 2.88. The van der Waals surface area contributed by atoms with Gasteiger partial charge in [0.2, 0.25) is 5.91 Å². The van der Waals surface area contributed by atoms with Gasteiger partial charge in [-0.25, -0.2) is 0 Å². The van der Waals surface area contributed by atoms with Crippen molar-refractivity contribution in [3.63, 3.8) is 0 Å². The van der Waals surface area contributed by atoms with Crippen molar-refractivity contribution in [1.29, 1.82) is 0 Å². The molecule has 1 heterocycles. The molecular formula is C30H33N3O4S. The van der Waals surface area contributed by atoms with Crippen molar-refractivity contribution in [2.75, 3.05) is 32.1 Å². The number of carbonyl (C=O) groups is 2. The summed E-state index contributed by atoms with van der Waals surface area (Å²) in [6.07, 6.45) is 1.38. The van der Waals surface area contributed by atoms with E-state index < -0.39 is 6.04 Å². The molecule has 1 unspecified atom stereocenters. The standard InChI is InChI=1S/C30H33N3O4S/c1-3-37-26-15-11-24(12-16-26)31-28(34)21-27-29(35)33(20-18-22-7-5-4-6-8-22)30(38)32(27)19-17-23-9-13-25(36-2)14-10-23/h4-16,27H,3,17-21H2,1-2H3,(H,31,34). The number of nitrogens with zero attached hydrogens (tertiary/aromatic N) is 2. The number of ether oxygens (including phenoxy) is 2. The smallest absolute Gasteiger partial charge is 0.252 e. The number of amides is 2. The maximum atomic E-state index is 13.5. The van der Waals surface area contributed by atoms with Gasteiger partial charge >= 0.3 is 0 Å². The number of hydrogen-bond acceptors (Lipinski definition) is 5. The lowest BCUT2D eigenvalue weighted by Crippen LogP contribution is -2.39. The van der Waals surface area contributed by atoms with E-state index in [0.29, 0.717) is 43.3 Å². The van der Waals surface area contributed by atoms with E-state index >= 15 is 0 Å². The molecule has 1 aliphatic rings. The van der Waals surface area contributed by atoms with Crippen LogP contribution >= 0.6 is 12.2 Å². The van der Waals surface area contributed by atoms with Crippen LogP contribution in [0.25, 0.3) is 0 Å². The molecule has 1 fully saturated rings. The van der Waals surface area contributed by atoms with Crippen LogP contribution in [-0.4, -0.2) is 59.6 Å². The molecule has 7 nitrogen and oxygen atoms in total. The lowest BCUT2D eigenvalue weighted by Gasteiger charge is -2.24. The van der Waals surface area contributed by atoms with Gasteiger partial charge in [0.25, 0.3) is 5.91 Å². The summed E-state index contributed by atoms with van der Waals surface area (Å²) in [7, 11) is 1.64. The fourth-order valence-corrected chi connectivity index (χ4v) is 4.87. The van der Waals surface area contributed by atoms with E-state index in [-0.39, 0.29) is 18.2 Å². The maximum Gasteiger partial charge on any atom is 0.252 e. The van der Waals surface area contributed by atoms with Gasteiger partial charge in [-0.05, 0) is 79.5 Å². The highest BCUT2D eigenvalue weighted by Crippen LogP contribution is 2.24. The van der Waals surface area contributed by atoms with Crippen molar-refractivity contribution in [3.05, 3.63) is 90.0 Å². The van der Waals surface area contributed by atoms with Gasteiger partial charge in [0, 0.05) is 18.8 Å². The molecule has 0 aromatic heterocycles. The molecule has 4 rings (SSSR count). The van der Waals surface area contributed by atoms with E-state index in [1.807, 2.05) is 66.4 Å². The molecule has 8 heteroatoms. The normalized spacial score (nSPS) is 15.1. The maximum absolute atomic E-state index is 13.5. The predicted molar refractivity (Wildman–Crippen MR) is 153 cm³/mol. The molecule has 0 bridgehead atoms. The molecule has 198 valence electrons. The summed E-state index contributed by atoms with van der Waals surface area (Å²) in [6, 6.07) is 24.4. The Labute approximate surface area is 229 Å². The van der Waals surface area contributed by atoms with Crippen LogP contribution < -0.4 is 14.8 Å². The minimum absolute atomic E-state index is 0.0105. The Kier molecular flexibility index (Phi) is 9.32. The molecule has 0 aliphatic carbocycles. The summed E-state index contributed by atoms with van der Waals surface area (Å²) in [5, 5.41) is 3.37. The summed E-state index contributed by atoms with van der Waals surface area (Å²) in [5.74, 6) is 1.15. The van der Waals surface area contributed by atoms with Crippen molar-refractivity contribution in [1.82, 2.24) is 9.80 Å². The number of carbonyl (C=O) groups excluding carboxylic acids is 2. The molecule has 38 heavy (non-hydrogen) atoms. The monoisotopic (exact) mass is 531 g/mol. The van der Waals surface area contributed by atoms with Crippen LogP contribution in [0.5, 0.6) is 11.5 Å². The fourth-order valence-electron chi connectivity index (χ4n) is 4.47. The highest BCUT2D eigenvalue weighted by atomic mass is 32.1. The number of methoxy groups -OCH3 is 1. The molecule has 3 aromatic carbocycles. The number of nitrogens with one attached hydrogen (secondary N) is 1. The highest BCUT2D eigenvalue weighted by molar-refractivity contribution is 7.80. The van der Waals surface area contributed by atoms with Gasteiger partial charge in [-0.15, -0.1) is 0 Å². The van der Waals surface area contributed by atoms with Gasteiger partial charge in [0.15, 0.2) is 5.11 Å². The lowest BCUT2D eigenvalue weighted by atomic mass is 10.1. The van der Waals surface area contributed by atoms with Crippen LogP contribution in [0.2, 0.25) is 0 Å². The van der Waals surface area contributed by atoms with Gasteiger partial charge in [0.1, 0.15) is 17.5 Å². The first-order valence-corrected chi connectivity index (χ1v) is 13.2. The van der Waals surface area contributed by atoms with Gasteiger partial charge in [-0.1, -0.05) is 42.5 Å². The van der Waals surface area contributed by atoms with E-state index in [0.717, 1.165) is 22.6 Å². The number of thiocarbonyl (C=S) groups is 1. The van der Waals surface area contributed by atoms with Gasteiger partial charge < -0.3 is 19.7 Å². The van der Waals surface area contributed by atoms with Gasteiger partial charge in [-0.2, -0.15) is 0 Å². The third kappa shape index (κ3) is 6.89. The minimum Gasteiger partial charge on any atom is -0.497 e. The summed E-state index contributed by atoms with van der Waals surface area (Å²) < 4.78 is 10.7.